The molecule has 106 valence electrons. The molecule has 0 atom stereocenters. The fraction of sp³-hybridized carbons (Fsp3) is 0.154. The Morgan fingerprint density at radius 1 is 1.20 bits per heavy atom. The average Bonchev–Trinajstić information content (AvgIpc) is 2.35. The van der Waals surface area contributed by atoms with Gasteiger partial charge in [0.25, 0.3) is 0 Å². The number of halogens is 1. The molecule has 0 radical (unpaired) electrons. The van der Waals surface area contributed by atoms with Crippen LogP contribution in [0.5, 0.6) is 0 Å². The van der Waals surface area contributed by atoms with Crippen molar-refractivity contribution in [1.82, 2.24) is 5.32 Å². The lowest BCUT2D eigenvalue weighted by atomic mass is 10.1. The number of primary amides is 2. The number of hydrogen-bond acceptors (Lipinski definition) is 3. The van der Waals surface area contributed by atoms with E-state index in [1.54, 1.807) is 31.2 Å². The number of carbonyl (C=O) groups excluding carboxylic acids is 3. The molecule has 0 saturated carbocycles. The first-order chi connectivity index (χ1) is 9.32. The SMILES string of the molecule is C/C(=C\C(=O)NC(C(N)=O)C(N)=O)c1ccccc1Cl. The van der Waals surface area contributed by atoms with Crippen molar-refractivity contribution in [3.05, 3.63) is 40.9 Å². The molecule has 0 unspecified atom stereocenters. The minimum absolute atomic E-state index is 0.482. The van der Waals surface area contributed by atoms with Gasteiger partial charge in [0.05, 0.1) is 0 Å². The third kappa shape index (κ3) is 4.10. The average molecular weight is 296 g/mol. The molecule has 1 aromatic rings. The van der Waals surface area contributed by atoms with Gasteiger partial charge in [0.1, 0.15) is 0 Å². The van der Waals surface area contributed by atoms with Crippen molar-refractivity contribution in [3.63, 3.8) is 0 Å². The molecule has 0 aromatic heterocycles. The Bertz CT molecular complexity index is 570. The summed E-state index contributed by atoms with van der Waals surface area (Å²) in [4.78, 5) is 33.6. The van der Waals surface area contributed by atoms with E-state index in [0.717, 1.165) is 0 Å². The van der Waals surface area contributed by atoms with E-state index in [-0.39, 0.29) is 0 Å². The van der Waals surface area contributed by atoms with Gasteiger partial charge in [-0.15, -0.1) is 0 Å². The zero-order chi connectivity index (χ0) is 15.3. The van der Waals surface area contributed by atoms with Gasteiger partial charge in [-0.25, -0.2) is 0 Å². The smallest absolute Gasteiger partial charge is 0.249 e. The van der Waals surface area contributed by atoms with Crippen molar-refractivity contribution in [2.75, 3.05) is 0 Å². The maximum Gasteiger partial charge on any atom is 0.249 e. The molecular weight excluding hydrogens is 282 g/mol. The van der Waals surface area contributed by atoms with Crippen LogP contribution in [0.15, 0.2) is 30.3 Å². The van der Waals surface area contributed by atoms with E-state index in [4.69, 9.17) is 23.1 Å². The van der Waals surface area contributed by atoms with Crippen LogP contribution in [-0.4, -0.2) is 23.8 Å². The molecule has 3 amide bonds. The van der Waals surface area contributed by atoms with Crippen LogP contribution < -0.4 is 16.8 Å². The maximum absolute atomic E-state index is 11.7. The molecule has 0 heterocycles. The Morgan fingerprint density at radius 2 is 1.75 bits per heavy atom. The van der Waals surface area contributed by atoms with Gasteiger partial charge in [-0.2, -0.15) is 0 Å². The molecule has 0 aliphatic rings. The minimum Gasteiger partial charge on any atom is -0.367 e. The predicted molar refractivity (Wildman–Crippen MR) is 75.4 cm³/mol. The van der Waals surface area contributed by atoms with E-state index < -0.39 is 23.8 Å². The Morgan fingerprint density at radius 3 is 2.25 bits per heavy atom. The van der Waals surface area contributed by atoms with E-state index in [9.17, 15) is 14.4 Å². The number of benzene rings is 1. The highest BCUT2D eigenvalue weighted by Gasteiger charge is 2.23. The van der Waals surface area contributed by atoms with Crippen molar-refractivity contribution in [1.29, 1.82) is 0 Å². The van der Waals surface area contributed by atoms with Crippen molar-refractivity contribution in [2.45, 2.75) is 13.0 Å². The highest BCUT2D eigenvalue weighted by Crippen LogP contribution is 2.22. The quantitative estimate of drug-likeness (QED) is 0.532. The van der Waals surface area contributed by atoms with E-state index in [0.29, 0.717) is 16.2 Å². The normalized spacial score (nSPS) is 11.2. The van der Waals surface area contributed by atoms with Crippen LogP contribution in [0.4, 0.5) is 0 Å². The second-order valence-electron chi connectivity index (χ2n) is 4.05. The summed E-state index contributed by atoms with van der Waals surface area (Å²) in [5.74, 6) is -2.70. The molecule has 1 aromatic carbocycles. The Balaban J connectivity index is 2.89. The van der Waals surface area contributed by atoms with Gasteiger partial charge in [0.2, 0.25) is 17.7 Å². The van der Waals surface area contributed by atoms with E-state index in [1.807, 2.05) is 0 Å². The molecule has 6 nitrogen and oxygen atoms in total. The first kappa shape index (κ1) is 15.7. The van der Waals surface area contributed by atoms with Gasteiger partial charge in [-0.3, -0.25) is 14.4 Å². The minimum atomic E-state index is -1.54. The molecule has 0 bridgehead atoms. The van der Waals surface area contributed by atoms with Crippen molar-refractivity contribution >= 4 is 34.9 Å². The van der Waals surface area contributed by atoms with E-state index >= 15 is 0 Å². The summed E-state index contributed by atoms with van der Waals surface area (Å²) in [5.41, 5.74) is 11.1. The maximum atomic E-state index is 11.7. The fourth-order valence-electron chi connectivity index (χ4n) is 1.52. The zero-order valence-electron chi connectivity index (χ0n) is 10.7. The van der Waals surface area contributed by atoms with Crippen LogP contribution in [0.2, 0.25) is 5.02 Å². The van der Waals surface area contributed by atoms with Gasteiger partial charge in [-0.05, 0) is 24.1 Å². The first-order valence-electron chi connectivity index (χ1n) is 5.65. The summed E-state index contributed by atoms with van der Waals surface area (Å²) < 4.78 is 0. The summed E-state index contributed by atoms with van der Waals surface area (Å²) in [6, 6.07) is 5.41. The topological polar surface area (TPSA) is 115 Å². The number of allylic oxidation sites excluding steroid dienone is 1. The summed E-state index contributed by atoms with van der Waals surface area (Å²) in [6.07, 6.45) is 1.21. The van der Waals surface area contributed by atoms with Crippen molar-refractivity contribution in [3.8, 4) is 0 Å². The van der Waals surface area contributed by atoms with Crippen LogP contribution in [-0.2, 0) is 14.4 Å². The summed E-state index contributed by atoms with van der Waals surface area (Å²) in [6.45, 7) is 1.67. The molecule has 7 heteroatoms. The van der Waals surface area contributed by atoms with Crippen LogP contribution in [0.3, 0.4) is 0 Å². The number of amides is 3. The summed E-state index contributed by atoms with van der Waals surface area (Å²) >= 11 is 5.99. The molecule has 0 fully saturated rings. The van der Waals surface area contributed by atoms with Crippen LogP contribution in [0.25, 0.3) is 5.57 Å². The Labute approximate surface area is 120 Å². The van der Waals surface area contributed by atoms with Gasteiger partial charge in [0.15, 0.2) is 6.04 Å². The van der Waals surface area contributed by atoms with Crippen molar-refractivity contribution < 1.29 is 14.4 Å². The number of carbonyl (C=O) groups is 3. The Kier molecular flexibility index (Phi) is 5.28. The zero-order valence-corrected chi connectivity index (χ0v) is 11.5. The third-order valence-corrected chi connectivity index (χ3v) is 2.83. The molecule has 20 heavy (non-hydrogen) atoms. The number of nitrogens with two attached hydrogens (primary N) is 2. The van der Waals surface area contributed by atoms with Gasteiger partial charge in [-0.1, -0.05) is 29.8 Å². The van der Waals surface area contributed by atoms with Crippen LogP contribution >= 0.6 is 11.6 Å². The lowest BCUT2D eigenvalue weighted by Crippen LogP contribution is -2.52. The van der Waals surface area contributed by atoms with E-state index in [1.165, 1.54) is 6.08 Å². The monoisotopic (exact) mass is 295 g/mol. The second-order valence-corrected chi connectivity index (χ2v) is 4.46. The highest BCUT2D eigenvalue weighted by molar-refractivity contribution is 6.32. The molecule has 0 spiro atoms. The van der Waals surface area contributed by atoms with Crippen LogP contribution in [0.1, 0.15) is 12.5 Å². The molecule has 1 rings (SSSR count). The highest BCUT2D eigenvalue weighted by atomic mass is 35.5. The molecular formula is C13H14ClN3O3. The number of hydrogen-bond donors (Lipinski definition) is 3. The Hall–Kier alpha value is -2.34. The standard InChI is InChI=1S/C13H14ClN3O3/c1-7(8-4-2-3-5-9(8)14)6-10(18)17-11(12(15)19)13(16)20/h2-6,11H,1H3,(H2,15,19)(H2,16,20)(H,17,18)/b7-6+. The van der Waals surface area contributed by atoms with Gasteiger partial charge >= 0.3 is 0 Å². The molecule has 5 N–H and O–H groups in total. The van der Waals surface area contributed by atoms with Gasteiger partial charge in [0, 0.05) is 11.1 Å². The third-order valence-electron chi connectivity index (χ3n) is 2.50. The fourth-order valence-corrected chi connectivity index (χ4v) is 1.81. The molecule has 0 aliphatic heterocycles. The molecule has 0 aliphatic carbocycles. The summed E-state index contributed by atoms with van der Waals surface area (Å²) in [5, 5.41) is 2.61. The largest absolute Gasteiger partial charge is 0.367 e. The van der Waals surface area contributed by atoms with Crippen molar-refractivity contribution in [2.24, 2.45) is 11.5 Å². The second kappa shape index (κ2) is 6.72. The number of nitrogens with one attached hydrogen (secondary N) is 1. The lowest BCUT2D eigenvalue weighted by molar-refractivity contribution is -0.132. The predicted octanol–water partition coefficient (Wildman–Crippen LogP) is 0.199. The lowest BCUT2D eigenvalue weighted by Gasteiger charge is -2.10. The van der Waals surface area contributed by atoms with Gasteiger partial charge < -0.3 is 16.8 Å². The van der Waals surface area contributed by atoms with Crippen LogP contribution in [0, 0.1) is 0 Å². The molecule has 0 saturated heterocycles. The van der Waals surface area contributed by atoms with E-state index in [2.05, 4.69) is 5.32 Å². The summed E-state index contributed by atoms with van der Waals surface area (Å²) in [7, 11) is 0. The number of rotatable bonds is 5. The first-order valence-corrected chi connectivity index (χ1v) is 6.03.